The van der Waals surface area contributed by atoms with Crippen molar-refractivity contribution in [3.63, 3.8) is 0 Å². The maximum atomic E-state index is 13.5. The van der Waals surface area contributed by atoms with Crippen LogP contribution in [0.3, 0.4) is 0 Å². The number of halogens is 2. The Kier molecular flexibility index (Phi) is 5.18. The second-order valence-corrected chi connectivity index (χ2v) is 7.02. The number of hydrogen-bond donors (Lipinski definition) is 0. The molecule has 2 amide bonds. The molecule has 4 nitrogen and oxygen atoms in total. The highest BCUT2D eigenvalue weighted by molar-refractivity contribution is 9.10. The monoisotopic (exact) mass is 404 g/mol. The van der Waals surface area contributed by atoms with Crippen LogP contribution >= 0.6 is 15.9 Å². The smallest absolute Gasteiger partial charge is 0.254 e. The molecule has 0 aromatic heterocycles. The van der Waals surface area contributed by atoms with Gasteiger partial charge < -0.3 is 9.80 Å². The van der Waals surface area contributed by atoms with E-state index in [0.29, 0.717) is 42.9 Å². The van der Waals surface area contributed by atoms with Crippen molar-refractivity contribution in [1.29, 1.82) is 0 Å². The highest BCUT2D eigenvalue weighted by atomic mass is 79.9. The summed E-state index contributed by atoms with van der Waals surface area (Å²) in [5.41, 5.74) is 1.70. The second-order valence-electron chi connectivity index (χ2n) is 6.11. The standard InChI is InChI=1S/C19H18BrFN2O2/c1-13-10-15(12-17(21)11-13)19(25)23-8-6-22(7-9-23)18(24)14-2-4-16(20)5-3-14/h2-5,10-12H,6-9H2,1H3. The maximum absolute atomic E-state index is 13.5. The number of aryl methyl sites for hydroxylation is 1. The number of rotatable bonds is 2. The fourth-order valence-corrected chi connectivity index (χ4v) is 3.19. The molecule has 2 aromatic carbocycles. The summed E-state index contributed by atoms with van der Waals surface area (Å²) in [6.45, 7) is 3.58. The summed E-state index contributed by atoms with van der Waals surface area (Å²) in [6, 6.07) is 11.6. The van der Waals surface area contributed by atoms with Gasteiger partial charge in [-0.25, -0.2) is 4.39 Å². The number of benzene rings is 2. The highest BCUT2D eigenvalue weighted by Gasteiger charge is 2.25. The molecule has 0 spiro atoms. The summed E-state index contributed by atoms with van der Waals surface area (Å²) < 4.78 is 14.4. The third-order valence-electron chi connectivity index (χ3n) is 4.23. The molecule has 1 heterocycles. The molecule has 0 aliphatic carbocycles. The lowest BCUT2D eigenvalue weighted by molar-refractivity contribution is 0.0535. The average molecular weight is 405 g/mol. The molecule has 6 heteroatoms. The first kappa shape index (κ1) is 17.6. The molecule has 1 saturated heterocycles. The van der Waals surface area contributed by atoms with Gasteiger partial charge in [0.2, 0.25) is 0 Å². The van der Waals surface area contributed by atoms with Gasteiger partial charge in [0.15, 0.2) is 0 Å². The minimum Gasteiger partial charge on any atom is -0.335 e. The highest BCUT2D eigenvalue weighted by Crippen LogP contribution is 2.16. The van der Waals surface area contributed by atoms with Crippen molar-refractivity contribution in [2.45, 2.75) is 6.92 Å². The predicted octanol–water partition coefficient (Wildman–Crippen LogP) is 3.49. The quantitative estimate of drug-likeness (QED) is 0.768. The molecule has 2 aromatic rings. The molecule has 1 aliphatic rings. The Hall–Kier alpha value is -2.21. The summed E-state index contributed by atoms with van der Waals surface area (Å²) in [5.74, 6) is -0.646. The molecule has 1 aliphatic heterocycles. The molecule has 0 bridgehead atoms. The van der Waals surface area contributed by atoms with Crippen LogP contribution in [0.1, 0.15) is 26.3 Å². The Morgan fingerprint density at radius 3 is 1.92 bits per heavy atom. The van der Waals surface area contributed by atoms with E-state index in [1.807, 2.05) is 12.1 Å². The van der Waals surface area contributed by atoms with Crippen LogP contribution in [0.25, 0.3) is 0 Å². The van der Waals surface area contributed by atoms with Crippen molar-refractivity contribution in [1.82, 2.24) is 9.80 Å². The summed E-state index contributed by atoms with van der Waals surface area (Å²) >= 11 is 3.35. The van der Waals surface area contributed by atoms with Crippen LogP contribution in [0.4, 0.5) is 4.39 Å². The molecule has 130 valence electrons. The Labute approximate surface area is 154 Å². The van der Waals surface area contributed by atoms with Gasteiger partial charge in [0.05, 0.1) is 0 Å². The van der Waals surface area contributed by atoms with Crippen molar-refractivity contribution in [3.8, 4) is 0 Å². The van der Waals surface area contributed by atoms with Gasteiger partial charge in [-0.05, 0) is 55.0 Å². The normalized spacial score (nSPS) is 14.5. The van der Waals surface area contributed by atoms with Gasteiger partial charge in [-0.3, -0.25) is 9.59 Å². The third-order valence-corrected chi connectivity index (χ3v) is 4.76. The lowest BCUT2D eigenvalue weighted by Gasteiger charge is -2.35. The van der Waals surface area contributed by atoms with Crippen molar-refractivity contribution in [2.75, 3.05) is 26.2 Å². The van der Waals surface area contributed by atoms with E-state index in [1.54, 1.807) is 34.9 Å². The minimum atomic E-state index is -0.410. The predicted molar refractivity (Wildman–Crippen MR) is 97.1 cm³/mol. The van der Waals surface area contributed by atoms with Gasteiger partial charge in [0.25, 0.3) is 11.8 Å². The number of nitrogens with zero attached hydrogens (tertiary/aromatic N) is 2. The molecule has 0 unspecified atom stereocenters. The maximum Gasteiger partial charge on any atom is 0.254 e. The number of hydrogen-bond acceptors (Lipinski definition) is 2. The van der Waals surface area contributed by atoms with Crippen LogP contribution in [0.5, 0.6) is 0 Å². The molecule has 0 N–H and O–H groups in total. The topological polar surface area (TPSA) is 40.6 Å². The van der Waals surface area contributed by atoms with Crippen molar-refractivity contribution in [2.24, 2.45) is 0 Å². The van der Waals surface area contributed by atoms with Crippen LogP contribution in [0.2, 0.25) is 0 Å². The molecule has 1 fully saturated rings. The molecule has 3 rings (SSSR count). The molecule has 0 saturated carbocycles. The van der Waals surface area contributed by atoms with E-state index in [0.717, 1.165) is 4.47 Å². The van der Waals surface area contributed by atoms with Gasteiger partial charge in [-0.1, -0.05) is 15.9 Å². The Morgan fingerprint density at radius 2 is 1.40 bits per heavy atom. The summed E-state index contributed by atoms with van der Waals surface area (Å²) in [7, 11) is 0. The largest absolute Gasteiger partial charge is 0.335 e. The van der Waals surface area contributed by atoms with E-state index in [-0.39, 0.29) is 11.8 Å². The Morgan fingerprint density at radius 1 is 0.880 bits per heavy atom. The van der Waals surface area contributed by atoms with Gasteiger partial charge in [-0.15, -0.1) is 0 Å². The fourth-order valence-electron chi connectivity index (χ4n) is 2.93. The Bertz CT molecular complexity index is 779. The van der Waals surface area contributed by atoms with E-state index in [9.17, 15) is 14.0 Å². The van der Waals surface area contributed by atoms with Crippen LogP contribution in [0.15, 0.2) is 46.9 Å². The summed E-state index contributed by atoms with van der Waals surface area (Å²) in [5, 5.41) is 0. The van der Waals surface area contributed by atoms with E-state index >= 15 is 0 Å². The number of amides is 2. The molecule has 0 atom stereocenters. The lowest BCUT2D eigenvalue weighted by atomic mass is 10.1. The van der Waals surface area contributed by atoms with Crippen LogP contribution in [-0.4, -0.2) is 47.8 Å². The first-order valence-electron chi connectivity index (χ1n) is 8.05. The summed E-state index contributed by atoms with van der Waals surface area (Å²) in [6.07, 6.45) is 0. The van der Waals surface area contributed by atoms with Crippen LogP contribution in [-0.2, 0) is 0 Å². The molecular formula is C19H18BrFN2O2. The first-order chi connectivity index (χ1) is 11.9. The van der Waals surface area contributed by atoms with Gasteiger partial charge >= 0.3 is 0 Å². The zero-order chi connectivity index (χ0) is 18.0. The van der Waals surface area contributed by atoms with Crippen LogP contribution < -0.4 is 0 Å². The van der Waals surface area contributed by atoms with Gasteiger partial charge in [0.1, 0.15) is 5.82 Å². The van der Waals surface area contributed by atoms with Gasteiger partial charge in [0, 0.05) is 41.8 Å². The minimum absolute atomic E-state index is 0.0406. The van der Waals surface area contributed by atoms with Crippen molar-refractivity contribution >= 4 is 27.7 Å². The first-order valence-corrected chi connectivity index (χ1v) is 8.84. The average Bonchev–Trinajstić information content (AvgIpc) is 2.60. The van der Waals surface area contributed by atoms with E-state index < -0.39 is 5.82 Å². The van der Waals surface area contributed by atoms with Crippen LogP contribution in [0, 0.1) is 12.7 Å². The lowest BCUT2D eigenvalue weighted by Crippen LogP contribution is -2.50. The van der Waals surface area contributed by atoms with Crippen molar-refractivity contribution in [3.05, 3.63) is 69.4 Å². The number of carbonyl (C=O) groups excluding carboxylic acids is 2. The molecule has 25 heavy (non-hydrogen) atoms. The van der Waals surface area contributed by atoms with E-state index in [1.165, 1.54) is 12.1 Å². The van der Waals surface area contributed by atoms with Gasteiger partial charge in [-0.2, -0.15) is 0 Å². The zero-order valence-corrected chi connectivity index (χ0v) is 15.4. The second kappa shape index (κ2) is 7.35. The Balaban J connectivity index is 1.64. The van der Waals surface area contributed by atoms with E-state index in [2.05, 4.69) is 15.9 Å². The van der Waals surface area contributed by atoms with Crippen molar-refractivity contribution < 1.29 is 14.0 Å². The SMILES string of the molecule is Cc1cc(F)cc(C(=O)N2CCN(C(=O)c3ccc(Br)cc3)CC2)c1. The molecular weight excluding hydrogens is 387 g/mol. The molecule has 0 radical (unpaired) electrons. The number of piperazine rings is 1. The van der Waals surface area contributed by atoms with E-state index in [4.69, 9.17) is 0 Å². The third kappa shape index (κ3) is 4.07. The fraction of sp³-hybridized carbons (Fsp3) is 0.263. The number of carbonyl (C=O) groups is 2. The summed E-state index contributed by atoms with van der Waals surface area (Å²) in [4.78, 5) is 28.4. The zero-order valence-electron chi connectivity index (χ0n) is 13.8.